The monoisotopic (exact) mass is 263 g/mol. The van der Waals surface area contributed by atoms with Gasteiger partial charge in [0.1, 0.15) is 11.3 Å². The highest BCUT2D eigenvalue weighted by Crippen LogP contribution is 2.35. The molecule has 0 spiro atoms. The van der Waals surface area contributed by atoms with E-state index in [-0.39, 0.29) is 5.91 Å². The normalized spacial score (nSPS) is 29.8. The number of fused-ring (bicyclic) bond motifs is 1. The van der Waals surface area contributed by atoms with Crippen molar-refractivity contribution < 1.29 is 9.32 Å². The fourth-order valence-electron chi connectivity index (χ4n) is 3.71. The summed E-state index contributed by atoms with van der Waals surface area (Å²) >= 11 is 0. The molecule has 0 aliphatic carbocycles. The molecule has 1 N–H and O–H groups in total. The Labute approximate surface area is 113 Å². The Kier molecular flexibility index (Phi) is 3.09. The summed E-state index contributed by atoms with van der Waals surface area (Å²) in [5.41, 5.74) is 1.36. The van der Waals surface area contributed by atoms with Crippen molar-refractivity contribution in [3.05, 3.63) is 17.0 Å². The van der Waals surface area contributed by atoms with E-state index in [0.29, 0.717) is 34.9 Å². The summed E-state index contributed by atoms with van der Waals surface area (Å²) in [5, 5.41) is 7.33. The van der Waals surface area contributed by atoms with Crippen LogP contribution in [0.15, 0.2) is 4.52 Å². The molecule has 3 rings (SSSR count). The number of aryl methyl sites for hydroxylation is 2. The molecular weight excluding hydrogens is 242 g/mol. The summed E-state index contributed by atoms with van der Waals surface area (Å²) in [6, 6.07) is 0.348. The summed E-state index contributed by atoms with van der Waals surface area (Å²) in [6.07, 6.45) is 1.01. The molecule has 2 aliphatic rings. The van der Waals surface area contributed by atoms with Crippen LogP contribution < -0.4 is 5.32 Å². The molecule has 3 atom stereocenters. The lowest BCUT2D eigenvalue weighted by molar-refractivity contribution is 0.0709. The van der Waals surface area contributed by atoms with Crippen LogP contribution in [0.4, 0.5) is 0 Å². The Morgan fingerprint density at radius 2 is 2.26 bits per heavy atom. The highest BCUT2D eigenvalue weighted by Gasteiger charge is 2.45. The van der Waals surface area contributed by atoms with E-state index in [4.69, 9.17) is 4.52 Å². The van der Waals surface area contributed by atoms with Gasteiger partial charge in [0.15, 0.2) is 0 Å². The molecule has 1 aromatic heterocycles. The first kappa shape index (κ1) is 12.7. The van der Waals surface area contributed by atoms with Gasteiger partial charge in [-0.15, -0.1) is 0 Å². The second-order valence-corrected chi connectivity index (χ2v) is 5.71. The van der Waals surface area contributed by atoms with E-state index in [1.54, 1.807) is 0 Å². The standard InChI is InChI=1S/C14H21N3O2/c1-4-12-11-6-15-5-10(11)7-17(12)14(18)13-8(2)16-19-9(13)3/h10-12,15H,4-7H2,1-3H3. The maximum Gasteiger partial charge on any atom is 0.259 e. The number of nitrogens with one attached hydrogen (secondary N) is 1. The maximum atomic E-state index is 12.8. The zero-order valence-corrected chi connectivity index (χ0v) is 11.8. The molecule has 0 aromatic carbocycles. The van der Waals surface area contributed by atoms with Crippen molar-refractivity contribution in [3.8, 4) is 0 Å². The Morgan fingerprint density at radius 1 is 1.47 bits per heavy atom. The molecule has 5 nitrogen and oxygen atoms in total. The number of likely N-dealkylation sites (tertiary alicyclic amines) is 1. The minimum Gasteiger partial charge on any atom is -0.361 e. The van der Waals surface area contributed by atoms with Gasteiger partial charge in [-0.1, -0.05) is 12.1 Å². The molecule has 3 heterocycles. The van der Waals surface area contributed by atoms with Crippen LogP contribution in [-0.2, 0) is 0 Å². The van der Waals surface area contributed by atoms with Gasteiger partial charge >= 0.3 is 0 Å². The van der Waals surface area contributed by atoms with E-state index in [0.717, 1.165) is 26.1 Å². The number of amides is 1. The predicted octanol–water partition coefficient (Wildman–Crippen LogP) is 1.36. The van der Waals surface area contributed by atoms with Gasteiger partial charge in [0.2, 0.25) is 0 Å². The van der Waals surface area contributed by atoms with E-state index in [9.17, 15) is 4.79 Å². The van der Waals surface area contributed by atoms with E-state index in [1.165, 1.54) is 0 Å². The first-order valence-corrected chi connectivity index (χ1v) is 7.08. The molecular formula is C14H21N3O2. The third-order valence-corrected chi connectivity index (χ3v) is 4.64. The molecule has 5 heteroatoms. The second-order valence-electron chi connectivity index (χ2n) is 5.71. The lowest BCUT2D eigenvalue weighted by Crippen LogP contribution is -2.40. The van der Waals surface area contributed by atoms with Crippen molar-refractivity contribution in [2.45, 2.75) is 33.2 Å². The van der Waals surface area contributed by atoms with E-state index in [1.807, 2.05) is 18.7 Å². The molecule has 104 valence electrons. The topological polar surface area (TPSA) is 58.4 Å². The Balaban J connectivity index is 1.88. The average molecular weight is 263 g/mol. The van der Waals surface area contributed by atoms with Crippen LogP contribution >= 0.6 is 0 Å². The molecule has 19 heavy (non-hydrogen) atoms. The van der Waals surface area contributed by atoms with Gasteiger partial charge < -0.3 is 14.7 Å². The molecule has 1 amide bonds. The summed E-state index contributed by atoms with van der Waals surface area (Å²) in [7, 11) is 0. The van der Waals surface area contributed by atoms with Gasteiger partial charge in [0.25, 0.3) is 5.91 Å². The molecule has 2 saturated heterocycles. The summed E-state index contributed by atoms with van der Waals surface area (Å²) < 4.78 is 5.13. The van der Waals surface area contributed by atoms with Crippen LogP contribution in [0, 0.1) is 25.7 Å². The van der Waals surface area contributed by atoms with Gasteiger partial charge in [-0.05, 0) is 32.1 Å². The Hall–Kier alpha value is -1.36. The van der Waals surface area contributed by atoms with Crippen molar-refractivity contribution in [2.24, 2.45) is 11.8 Å². The highest BCUT2D eigenvalue weighted by atomic mass is 16.5. The van der Waals surface area contributed by atoms with Crippen LogP contribution in [0.5, 0.6) is 0 Å². The number of carbonyl (C=O) groups is 1. The summed E-state index contributed by atoms with van der Waals surface area (Å²) in [6.45, 7) is 8.74. The molecule has 2 aliphatic heterocycles. The van der Waals surface area contributed by atoms with Crippen molar-refractivity contribution in [1.82, 2.24) is 15.4 Å². The van der Waals surface area contributed by atoms with Crippen molar-refractivity contribution in [1.29, 1.82) is 0 Å². The second kappa shape index (κ2) is 4.63. The predicted molar refractivity (Wildman–Crippen MR) is 70.9 cm³/mol. The Morgan fingerprint density at radius 3 is 2.89 bits per heavy atom. The van der Waals surface area contributed by atoms with Crippen LogP contribution in [-0.4, -0.2) is 41.6 Å². The highest BCUT2D eigenvalue weighted by molar-refractivity contribution is 5.96. The zero-order valence-electron chi connectivity index (χ0n) is 11.8. The van der Waals surface area contributed by atoms with Crippen molar-refractivity contribution >= 4 is 5.91 Å². The first-order valence-electron chi connectivity index (χ1n) is 7.08. The Bertz CT molecular complexity index is 477. The molecule has 2 fully saturated rings. The zero-order chi connectivity index (χ0) is 13.6. The number of aromatic nitrogens is 1. The van der Waals surface area contributed by atoms with Crippen molar-refractivity contribution in [2.75, 3.05) is 19.6 Å². The van der Waals surface area contributed by atoms with Crippen LogP contribution in [0.3, 0.4) is 0 Å². The van der Waals surface area contributed by atoms with Crippen LogP contribution in [0.25, 0.3) is 0 Å². The first-order chi connectivity index (χ1) is 9.13. The lowest BCUT2D eigenvalue weighted by Gasteiger charge is -2.26. The van der Waals surface area contributed by atoms with Gasteiger partial charge in [0.05, 0.1) is 5.69 Å². The largest absolute Gasteiger partial charge is 0.361 e. The molecule has 1 aromatic rings. The third kappa shape index (κ3) is 1.87. The average Bonchev–Trinajstić information content (AvgIpc) is 3.03. The molecule has 0 bridgehead atoms. The van der Waals surface area contributed by atoms with Crippen LogP contribution in [0.1, 0.15) is 35.2 Å². The lowest BCUT2D eigenvalue weighted by atomic mass is 9.93. The number of hydrogen-bond acceptors (Lipinski definition) is 4. The van der Waals surface area contributed by atoms with Gasteiger partial charge in [0, 0.05) is 25.7 Å². The van der Waals surface area contributed by atoms with Crippen LogP contribution in [0.2, 0.25) is 0 Å². The van der Waals surface area contributed by atoms with E-state index in [2.05, 4.69) is 17.4 Å². The number of rotatable bonds is 2. The fourth-order valence-corrected chi connectivity index (χ4v) is 3.71. The molecule has 3 unspecified atom stereocenters. The van der Waals surface area contributed by atoms with Gasteiger partial charge in [-0.3, -0.25) is 4.79 Å². The third-order valence-electron chi connectivity index (χ3n) is 4.64. The molecule has 0 saturated carbocycles. The fraction of sp³-hybridized carbons (Fsp3) is 0.714. The SMILES string of the molecule is CCC1C2CNCC2CN1C(=O)c1c(C)noc1C. The maximum absolute atomic E-state index is 12.8. The number of nitrogens with zero attached hydrogens (tertiary/aromatic N) is 2. The smallest absolute Gasteiger partial charge is 0.259 e. The van der Waals surface area contributed by atoms with E-state index < -0.39 is 0 Å². The molecule has 0 radical (unpaired) electrons. The number of hydrogen-bond donors (Lipinski definition) is 1. The number of carbonyl (C=O) groups excluding carboxylic acids is 1. The van der Waals surface area contributed by atoms with E-state index >= 15 is 0 Å². The minimum absolute atomic E-state index is 0.0949. The summed E-state index contributed by atoms with van der Waals surface area (Å²) in [4.78, 5) is 14.8. The van der Waals surface area contributed by atoms with Gasteiger partial charge in [-0.2, -0.15) is 0 Å². The van der Waals surface area contributed by atoms with Crippen molar-refractivity contribution in [3.63, 3.8) is 0 Å². The quantitative estimate of drug-likeness (QED) is 0.875. The minimum atomic E-state index is 0.0949. The summed E-state index contributed by atoms with van der Waals surface area (Å²) in [5.74, 6) is 1.94. The van der Waals surface area contributed by atoms with Gasteiger partial charge in [-0.25, -0.2) is 0 Å².